The number of unbranched alkanes of at least 4 members (excludes halogenated alkanes) is 1. The minimum atomic E-state index is -0.580. The zero-order valence-corrected chi connectivity index (χ0v) is 12.5. The summed E-state index contributed by atoms with van der Waals surface area (Å²) in [6.07, 6.45) is 3.96. The topological polar surface area (TPSA) is 38.7 Å². The van der Waals surface area contributed by atoms with Gasteiger partial charge in [-0.1, -0.05) is 51.3 Å². The van der Waals surface area contributed by atoms with Gasteiger partial charge in [-0.25, -0.2) is 0 Å². The van der Waals surface area contributed by atoms with Crippen LogP contribution in [0, 0.1) is 5.92 Å². The van der Waals surface area contributed by atoms with Gasteiger partial charge in [0.2, 0.25) is 0 Å². The van der Waals surface area contributed by atoms with E-state index in [1.54, 1.807) is 0 Å². The van der Waals surface area contributed by atoms with Crippen LogP contribution in [0.25, 0.3) is 0 Å². The molecule has 112 valence electrons. The van der Waals surface area contributed by atoms with E-state index in [9.17, 15) is 5.11 Å². The first kappa shape index (κ1) is 15.3. The lowest BCUT2D eigenvalue weighted by atomic mass is 9.99. The van der Waals surface area contributed by atoms with Gasteiger partial charge in [-0.15, -0.1) is 0 Å². The van der Waals surface area contributed by atoms with Crippen LogP contribution in [-0.2, 0) is 4.74 Å². The van der Waals surface area contributed by atoms with E-state index in [1.807, 2.05) is 24.3 Å². The number of ether oxygens (including phenoxy) is 2. The molecule has 3 heteroatoms. The van der Waals surface area contributed by atoms with Crippen molar-refractivity contribution in [1.82, 2.24) is 0 Å². The summed E-state index contributed by atoms with van der Waals surface area (Å²) >= 11 is 0. The molecule has 1 aromatic carbocycles. The molecule has 3 atom stereocenters. The monoisotopic (exact) mass is 278 g/mol. The molecule has 0 aliphatic carbocycles. The summed E-state index contributed by atoms with van der Waals surface area (Å²) < 4.78 is 11.6. The highest BCUT2D eigenvalue weighted by molar-refractivity contribution is 5.37. The van der Waals surface area contributed by atoms with Gasteiger partial charge in [-0.2, -0.15) is 0 Å². The zero-order valence-electron chi connectivity index (χ0n) is 12.5. The Balaban J connectivity index is 1.88. The maximum Gasteiger partial charge on any atom is 0.125 e. The van der Waals surface area contributed by atoms with Crippen LogP contribution >= 0.6 is 0 Å². The standard InChI is InChI=1S/C17H26O3/c1-3-5-8-13(4-2)11-19-16-12-20-15-10-7-6-9-14(15)17(16)18/h6-7,9-10,13,16-18H,3-5,8,11-12H2,1-2H3. The zero-order chi connectivity index (χ0) is 14.4. The molecule has 0 bridgehead atoms. The first-order valence-corrected chi connectivity index (χ1v) is 7.77. The summed E-state index contributed by atoms with van der Waals surface area (Å²) in [5.74, 6) is 1.36. The quantitative estimate of drug-likeness (QED) is 0.826. The summed E-state index contributed by atoms with van der Waals surface area (Å²) in [6, 6.07) is 7.64. The van der Waals surface area contributed by atoms with E-state index in [-0.39, 0.29) is 6.10 Å². The van der Waals surface area contributed by atoms with Gasteiger partial charge >= 0.3 is 0 Å². The summed E-state index contributed by atoms with van der Waals surface area (Å²) in [5, 5.41) is 10.4. The maximum absolute atomic E-state index is 10.4. The van der Waals surface area contributed by atoms with E-state index in [1.165, 1.54) is 19.3 Å². The normalized spacial score (nSPS) is 22.9. The first-order valence-electron chi connectivity index (χ1n) is 7.77. The van der Waals surface area contributed by atoms with Crippen molar-refractivity contribution in [3.05, 3.63) is 29.8 Å². The molecule has 1 N–H and O–H groups in total. The van der Waals surface area contributed by atoms with Crippen LogP contribution in [-0.4, -0.2) is 24.4 Å². The van der Waals surface area contributed by atoms with Crippen molar-refractivity contribution in [2.75, 3.05) is 13.2 Å². The third-order valence-corrected chi connectivity index (χ3v) is 4.08. The predicted octanol–water partition coefficient (Wildman–Crippen LogP) is 3.71. The van der Waals surface area contributed by atoms with Gasteiger partial charge in [0.15, 0.2) is 0 Å². The smallest absolute Gasteiger partial charge is 0.125 e. The molecule has 0 amide bonds. The molecular formula is C17H26O3. The second kappa shape index (κ2) is 7.65. The molecule has 0 aromatic heterocycles. The van der Waals surface area contributed by atoms with Crippen molar-refractivity contribution in [3.8, 4) is 5.75 Å². The fourth-order valence-electron chi connectivity index (χ4n) is 2.62. The number of benzene rings is 1. The van der Waals surface area contributed by atoms with Crippen molar-refractivity contribution in [2.45, 2.75) is 51.7 Å². The Morgan fingerprint density at radius 1 is 1.35 bits per heavy atom. The van der Waals surface area contributed by atoms with E-state index >= 15 is 0 Å². The predicted molar refractivity (Wildman–Crippen MR) is 79.9 cm³/mol. The van der Waals surface area contributed by atoms with Gasteiger partial charge in [0, 0.05) is 5.56 Å². The molecule has 0 radical (unpaired) electrons. The summed E-state index contributed by atoms with van der Waals surface area (Å²) in [4.78, 5) is 0. The van der Waals surface area contributed by atoms with E-state index in [4.69, 9.17) is 9.47 Å². The van der Waals surface area contributed by atoms with Crippen molar-refractivity contribution < 1.29 is 14.6 Å². The second-order valence-electron chi connectivity index (χ2n) is 5.58. The summed E-state index contributed by atoms with van der Waals surface area (Å²) in [6.45, 7) is 5.56. The molecule has 0 saturated carbocycles. The third kappa shape index (κ3) is 3.74. The number of aliphatic hydroxyl groups is 1. The average Bonchev–Trinajstić information content (AvgIpc) is 2.49. The fourth-order valence-corrected chi connectivity index (χ4v) is 2.62. The fraction of sp³-hybridized carbons (Fsp3) is 0.647. The van der Waals surface area contributed by atoms with Gasteiger partial charge in [0.1, 0.15) is 24.6 Å². The molecule has 3 nitrogen and oxygen atoms in total. The lowest BCUT2D eigenvalue weighted by molar-refractivity contribution is -0.0825. The molecule has 1 aromatic rings. The largest absolute Gasteiger partial charge is 0.490 e. The van der Waals surface area contributed by atoms with Gasteiger partial charge in [0.25, 0.3) is 0 Å². The van der Waals surface area contributed by atoms with Crippen LogP contribution < -0.4 is 4.74 Å². The molecule has 1 aliphatic heterocycles. The second-order valence-corrected chi connectivity index (χ2v) is 5.58. The lowest BCUT2D eigenvalue weighted by Crippen LogP contribution is -2.34. The van der Waals surface area contributed by atoms with Crippen LogP contribution in [0.5, 0.6) is 5.75 Å². The Bertz CT molecular complexity index is 405. The average molecular weight is 278 g/mol. The van der Waals surface area contributed by atoms with Crippen molar-refractivity contribution >= 4 is 0 Å². The SMILES string of the molecule is CCCCC(CC)COC1COc2ccccc2C1O. The molecule has 0 saturated heterocycles. The number of hydrogen-bond donors (Lipinski definition) is 1. The van der Waals surface area contributed by atoms with E-state index in [0.29, 0.717) is 19.1 Å². The highest BCUT2D eigenvalue weighted by atomic mass is 16.5. The maximum atomic E-state index is 10.4. The van der Waals surface area contributed by atoms with Gasteiger partial charge in [-0.3, -0.25) is 0 Å². The Labute approximate surface area is 121 Å². The van der Waals surface area contributed by atoms with E-state index in [0.717, 1.165) is 17.7 Å². The minimum Gasteiger partial charge on any atom is -0.490 e. The van der Waals surface area contributed by atoms with Crippen molar-refractivity contribution in [3.63, 3.8) is 0 Å². The minimum absolute atomic E-state index is 0.249. The molecule has 1 aliphatic rings. The van der Waals surface area contributed by atoms with Crippen LogP contribution in [0.3, 0.4) is 0 Å². The van der Waals surface area contributed by atoms with E-state index < -0.39 is 6.10 Å². The molecule has 20 heavy (non-hydrogen) atoms. The Morgan fingerprint density at radius 3 is 2.90 bits per heavy atom. The Morgan fingerprint density at radius 2 is 2.15 bits per heavy atom. The highest BCUT2D eigenvalue weighted by Crippen LogP contribution is 2.33. The lowest BCUT2D eigenvalue weighted by Gasteiger charge is -2.31. The number of hydrogen-bond acceptors (Lipinski definition) is 3. The highest BCUT2D eigenvalue weighted by Gasteiger charge is 2.30. The Hall–Kier alpha value is -1.06. The van der Waals surface area contributed by atoms with Gasteiger partial charge in [-0.05, 0) is 18.4 Å². The van der Waals surface area contributed by atoms with Gasteiger partial charge < -0.3 is 14.6 Å². The molecule has 1 heterocycles. The number of fused-ring (bicyclic) bond motifs is 1. The van der Waals surface area contributed by atoms with Crippen molar-refractivity contribution in [2.24, 2.45) is 5.92 Å². The van der Waals surface area contributed by atoms with E-state index in [2.05, 4.69) is 13.8 Å². The molecule has 2 rings (SSSR count). The number of aliphatic hydroxyl groups excluding tert-OH is 1. The van der Waals surface area contributed by atoms with Crippen LogP contribution in [0.2, 0.25) is 0 Å². The molecule has 0 spiro atoms. The molecular weight excluding hydrogens is 252 g/mol. The van der Waals surface area contributed by atoms with Crippen LogP contribution in [0.15, 0.2) is 24.3 Å². The summed E-state index contributed by atoms with van der Waals surface area (Å²) in [5.41, 5.74) is 0.838. The van der Waals surface area contributed by atoms with Crippen LogP contribution in [0.1, 0.15) is 51.2 Å². The Kier molecular flexibility index (Phi) is 5.86. The summed E-state index contributed by atoms with van der Waals surface area (Å²) in [7, 11) is 0. The van der Waals surface area contributed by atoms with Crippen LogP contribution in [0.4, 0.5) is 0 Å². The molecule has 0 fully saturated rings. The number of rotatable bonds is 7. The third-order valence-electron chi connectivity index (χ3n) is 4.08. The van der Waals surface area contributed by atoms with Crippen molar-refractivity contribution in [1.29, 1.82) is 0 Å². The van der Waals surface area contributed by atoms with Gasteiger partial charge in [0.05, 0.1) is 6.61 Å². The number of para-hydroxylation sites is 1. The molecule has 3 unspecified atom stereocenters. The first-order chi connectivity index (χ1) is 9.76.